The largest absolute Gasteiger partial charge is 0.494 e. The highest BCUT2D eigenvalue weighted by atomic mass is 16.6. The number of esters is 2. The summed E-state index contributed by atoms with van der Waals surface area (Å²) in [6.45, 7) is 8.53. The van der Waals surface area contributed by atoms with E-state index in [-0.39, 0.29) is 48.7 Å². The number of unbranched alkanes of at least 4 members (excludes halogenated alkanes) is 1. The van der Waals surface area contributed by atoms with Gasteiger partial charge in [-0.25, -0.2) is 14.6 Å². The first kappa shape index (κ1) is 63.9. The quantitative estimate of drug-likeness (QED) is 0.0305. The molecule has 0 saturated carbocycles. The molecule has 0 radical (unpaired) electrons. The molecule has 0 fully saturated rings. The van der Waals surface area contributed by atoms with Gasteiger partial charge < -0.3 is 28.8 Å². The van der Waals surface area contributed by atoms with Crippen LogP contribution in [0.5, 0.6) is 11.5 Å². The Balaban J connectivity index is 0.716. The molecule has 0 bridgehead atoms. The molecule has 1 atom stereocenters. The maximum atomic E-state index is 14.7. The highest BCUT2D eigenvalue weighted by Crippen LogP contribution is 2.41. The minimum atomic E-state index is -1.94. The van der Waals surface area contributed by atoms with Crippen LogP contribution in [0.2, 0.25) is 0 Å². The van der Waals surface area contributed by atoms with Crippen LogP contribution in [0.25, 0.3) is 33.4 Å². The summed E-state index contributed by atoms with van der Waals surface area (Å²) in [5.41, 5.74) is 11.6. The summed E-state index contributed by atoms with van der Waals surface area (Å²) in [5, 5.41) is 12.2. The third-order valence-electron chi connectivity index (χ3n) is 17.8. The van der Waals surface area contributed by atoms with Crippen LogP contribution in [0.15, 0.2) is 224 Å². The number of hydrogen-bond acceptors (Lipinski definition) is 15. The van der Waals surface area contributed by atoms with Crippen LogP contribution in [0.3, 0.4) is 0 Å². The molecule has 17 nitrogen and oxygen atoms in total. The summed E-state index contributed by atoms with van der Waals surface area (Å²) in [6, 6.07) is 62.4. The number of rotatable bonds is 26. The number of hydrogen-bond donors (Lipinski definition) is 1. The lowest BCUT2D eigenvalue weighted by Crippen LogP contribution is -2.44. The summed E-state index contributed by atoms with van der Waals surface area (Å²) in [4.78, 5) is 85.7. The molecule has 0 saturated heterocycles. The van der Waals surface area contributed by atoms with E-state index in [1.54, 1.807) is 47.9 Å². The minimum Gasteiger partial charge on any atom is -0.494 e. The van der Waals surface area contributed by atoms with Gasteiger partial charge in [0.05, 0.1) is 64.0 Å². The number of amides is 1. The van der Waals surface area contributed by atoms with E-state index in [1.807, 2.05) is 176 Å². The normalized spacial score (nSPS) is 13.9. The number of aliphatic hydroxyl groups is 1. The highest BCUT2D eigenvalue weighted by Gasteiger charge is 2.45. The van der Waals surface area contributed by atoms with Crippen molar-refractivity contribution < 1.29 is 33.7 Å². The van der Waals surface area contributed by atoms with Crippen LogP contribution < -0.4 is 15.0 Å². The van der Waals surface area contributed by atoms with Crippen molar-refractivity contribution in [1.82, 2.24) is 44.2 Å². The van der Waals surface area contributed by atoms with Gasteiger partial charge in [-0.1, -0.05) is 98.8 Å². The van der Waals surface area contributed by atoms with Gasteiger partial charge in [-0.15, -0.1) is 0 Å². The second kappa shape index (κ2) is 29.2. The van der Waals surface area contributed by atoms with Gasteiger partial charge in [-0.05, 0) is 168 Å². The molecule has 6 aromatic heterocycles. The van der Waals surface area contributed by atoms with Crippen LogP contribution in [0, 0.1) is 0 Å². The number of cyclic esters (lactones) is 1. The highest BCUT2D eigenvalue weighted by molar-refractivity contribution is 5.95. The molecule has 0 spiro atoms. The molecule has 96 heavy (non-hydrogen) atoms. The number of aryl methyl sites for hydroxylation is 1. The molecule has 2 aliphatic heterocycles. The average molecular weight is 1280 g/mol. The van der Waals surface area contributed by atoms with Crippen LogP contribution in [-0.2, 0) is 80.5 Å². The first-order valence-electron chi connectivity index (χ1n) is 32.6. The second-order valence-electron chi connectivity index (χ2n) is 24.4. The fourth-order valence-electron chi connectivity index (χ4n) is 12.9. The molecule has 1 N–H and O–H groups in total. The Morgan fingerprint density at radius 3 is 1.71 bits per heavy atom. The minimum absolute atomic E-state index is 0.0448. The van der Waals surface area contributed by atoms with Crippen molar-refractivity contribution in [3.05, 3.63) is 302 Å². The van der Waals surface area contributed by atoms with Gasteiger partial charge in [-0.3, -0.25) is 39.3 Å². The summed E-state index contributed by atoms with van der Waals surface area (Å²) >= 11 is 0. The standard InChI is InChI=1S/C79H73N9O8/c1-3-67-68-43-65(32-33-72(68)84-74-69(67)52-88-73(74)44-71-70(76(88)90)53-95-78(92)79(71,93)4-2)96-77(91)60-26-24-54(25-27-60)47-87(75(89)59-30-28-58(29-31-59)57-18-6-5-7-19-57)38-16-17-39-94-66-41-55(45-85(48-61-20-8-12-34-80-61)49-62-21-9-13-35-81-62)40-56(42-66)46-86(50-63-22-10-14-36-82-63)51-64-23-11-15-37-83-64/h5-15,18-37,40-44,93H,3-4,16-17,38-39,45-53H2,1-2H3/t79-/m0/s1. The zero-order valence-electron chi connectivity index (χ0n) is 53.7. The van der Waals surface area contributed by atoms with Crippen LogP contribution in [-0.4, -0.2) is 80.3 Å². The fourth-order valence-corrected chi connectivity index (χ4v) is 12.9. The number of benzene rings is 5. The van der Waals surface area contributed by atoms with E-state index < -0.39 is 17.5 Å². The molecule has 2 aliphatic rings. The molecule has 13 rings (SSSR count). The summed E-state index contributed by atoms with van der Waals surface area (Å²) < 4.78 is 19.7. The summed E-state index contributed by atoms with van der Waals surface area (Å²) in [6.07, 6.45) is 9.24. The van der Waals surface area contributed by atoms with Gasteiger partial charge in [0, 0.05) is 99.2 Å². The van der Waals surface area contributed by atoms with Crippen LogP contribution in [0.4, 0.5) is 0 Å². The summed E-state index contributed by atoms with van der Waals surface area (Å²) in [7, 11) is 0. The van der Waals surface area contributed by atoms with Gasteiger partial charge in [0.15, 0.2) is 5.60 Å². The molecular weight excluding hydrogens is 1200 g/mol. The van der Waals surface area contributed by atoms with E-state index >= 15 is 0 Å². The first-order chi connectivity index (χ1) is 46.9. The number of aromatic nitrogens is 6. The molecule has 17 heteroatoms. The van der Waals surface area contributed by atoms with E-state index in [4.69, 9.17) is 19.2 Å². The number of pyridine rings is 6. The lowest BCUT2D eigenvalue weighted by atomic mass is 9.86. The molecule has 0 aliphatic carbocycles. The van der Waals surface area contributed by atoms with Crippen molar-refractivity contribution in [3.8, 4) is 34.0 Å². The molecule has 1 amide bonds. The first-order valence-corrected chi connectivity index (χ1v) is 32.6. The van der Waals surface area contributed by atoms with Crippen molar-refractivity contribution >= 4 is 28.7 Å². The monoisotopic (exact) mass is 1280 g/mol. The third-order valence-corrected chi connectivity index (χ3v) is 17.8. The third kappa shape index (κ3) is 14.6. The average Bonchev–Trinajstić information content (AvgIpc) is 1.54. The predicted molar refractivity (Wildman–Crippen MR) is 366 cm³/mol. The molecular formula is C79H73N9O8. The molecule has 11 aromatic rings. The summed E-state index contributed by atoms with van der Waals surface area (Å²) in [5.74, 6) is -0.377. The van der Waals surface area contributed by atoms with Crippen molar-refractivity contribution in [1.29, 1.82) is 0 Å². The number of carbonyl (C=O) groups excluding carboxylic acids is 3. The van der Waals surface area contributed by atoms with E-state index in [1.165, 1.54) is 0 Å². The van der Waals surface area contributed by atoms with Crippen molar-refractivity contribution in [3.63, 3.8) is 0 Å². The topological polar surface area (TPSA) is 195 Å². The van der Waals surface area contributed by atoms with Gasteiger partial charge in [0.1, 0.15) is 18.1 Å². The van der Waals surface area contributed by atoms with E-state index in [0.717, 1.165) is 72.9 Å². The van der Waals surface area contributed by atoms with Gasteiger partial charge in [0.2, 0.25) is 0 Å². The van der Waals surface area contributed by atoms with Crippen LogP contribution in [0.1, 0.15) is 116 Å². The predicted octanol–water partition coefficient (Wildman–Crippen LogP) is 13.0. The fraction of sp³-hybridized carbons (Fsp3) is 0.228. The maximum Gasteiger partial charge on any atom is 0.343 e. The SMILES string of the molecule is CCc1c2c(nc3ccc(OC(=O)c4ccc(CN(CCCCOc5cc(CN(Cc6ccccn6)Cc6ccccn6)cc(CN(Cc6ccccn6)Cc6ccccn6)c5)C(=O)c5ccc(-c6ccccc6)cc5)cc4)cc13)-c1cc3c(c(=O)n1C2)COC(=O)[C@]3(O)CC. The molecule has 5 aromatic carbocycles. The van der Waals surface area contributed by atoms with Crippen molar-refractivity contribution in [2.24, 2.45) is 0 Å². The zero-order chi connectivity index (χ0) is 66.0. The zero-order valence-corrected chi connectivity index (χ0v) is 53.7. The van der Waals surface area contributed by atoms with Crippen molar-refractivity contribution in [2.75, 3.05) is 13.2 Å². The Morgan fingerprint density at radius 1 is 0.573 bits per heavy atom. The van der Waals surface area contributed by atoms with Crippen molar-refractivity contribution in [2.45, 2.75) is 104 Å². The lowest BCUT2D eigenvalue weighted by molar-refractivity contribution is -0.172. The Hall–Kier alpha value is -10.9. The van der Waals surface area contributed by atoms with Gasteiger partial charge >= 0.3 is 11.9 Å². The number of ether oxygens (including phenoxy) is 3. The lowest BCUT2D eigenvalue weighted by Gasteiger charge is -2.31. The number of fused-ring (bicyclic) bond motifs is 5. The molecule has 482 valence electrons. The van der Waals surface area contributed by atoms with Gasteiger partial charge in [0.25, 0.3) is 11.5 Å². The van der Waals surface area contributed by atoms with Gasteiger partial charge in [-0.2, -0.15) is 0 Å². The number of nitrogens with zero attached hydrogens (tertiary/aromatic N) is 9. The Kier molecular flexibility index (Phi) is 19.4. The van der Waals surface area contributed by atoms with E-state index in [9.17, 15) is 24.3 Å². The second-order valence-corrected chi connectivity index (χ2v) is 24.4. The maximum absolute atomic E-state index is 14.7. The Morgan fingerprint density at radius 2 is 1.15 bits per heavy atom. The Labute approximate surface area is 557 Å². The molecule has 8 heterocycles. The molecule has 0 unspecified atom stereocenters. The Bertz CT molecular complexity index is 4430. The van der Waals surface area contributed by atoms with E-state index in [0.29, 0.717) is 105 Å². The van der Waals surface area contributed by atoms with E-state index in [2.05, 4.69) is 47.9 Å². The van der Waals surface area contributed by atoms with Crippen LogP contribution >= 0.6 is 0 Å². The number of carbonyl (C=O) groups is 3. The smallest absolute Gasteiger partial charge is 0.343 e.